The molecule has 1 heterocycles. The van der Waals surface area contributed by atoms with Crippen molar-refractivity contribution in [2.75, 3.05) is 13.7 Å². The fourth-order valence-electron chi connectivity index (χ4n) is 2.76. The zero-order chi connectivity index (χ0) is 18.7. The summed E-state index contributed by atoms with van der Waals surface area (Å²) in [4.78, 5) is 13.3. The third kappa shape index (κ3) is 3.79. The van der Waals surface area contributed by atoms with E-state index in [9.17, 15) is 4.79 Å². The molecule has 0 saturated heterocycles. The van der Waals surface area contributed by atoms with E-state index in [0.29, 0.717) is 22.3 Å². The number of ether oxygens (including phenoxy) is 2. The monoisotopic (exact) mass is 389 g/mol. The number of carbonyl (C=O) groups is 1. The van der Waals surface area contributed by atoms with Gasteiger partial charge in [0.2, 0.25) is 0 Å². The molecule has 0 aliphatic rings. The molecule has 4 nitrogen and oxygen atoms in total. The predicted octanol–water partition coefficient (Wildman–Crippen LogP) is 5.45. The van der Waals surface area contributed by atoms with Crippen LogP contribution in [0.3, 0.4) is 0 Å². The molecule has 1 unspecified atom stereocenters. The van der Waals surface area contributed by atoms with E-state index in [1.165, 1.54) is 11.3 Å². The molecule has 26 heavy (non-hydrogen) atoms. The van der Waals surface area contributed by atoms with E-state index in [-0.39, 0.29) is 11.9 Å². The SMILES string of the molecule is CCOc1ccc(C(C)NC(=O)c2sc3ccc(Cl)cc3c2OC)cc1. The first-order valence-electron chi connectivity index (χ1n) is 8.33. The number of benzene rings is 2. The number of fused-ring (bicyclic) bond motifs is 1. The van der Waals surface area contributed by atoms with Crippen LogP contribution in [0, 0.1) is 0 Å². The first kappa shape index (κ1) is 18.5. The van der Waals surface area contributed by atoms with Crippen molar-refractivity contribution in [2.24, 2.45) is 0 Å². The lowest BCUT2D eigenvalue weighted by molar-refractivity contribution is 0.0941. The van der Waals surface area contributed by atoms with E-state index in [2.05, 4.69) is 5.32 Å². The second kappa shape index (κ2) is 7.98. The molecule has 0 bridgehead atoms. The molecule has 1 N–H and O–H groups in total. The quantitative estimate of drug-likeness (QED) is 0.609. The molecule has 1 amide bonds. The topological polar surface area (TPSA) is 47.6 Å². The summed E-state index contributed by atoms with van der Waals surface area (Å²) in [6.45, 7) is 4.52. The number of hydrogen-bond donors (Lipinski definition) is 1. The summed E-state index contributed by atoms with van der Waals surface area (Å²) in [6, 6.07) is 13.1. The van der Waals surface area contributed by atoms with Crippen LogP contribution in [0.2, 0.25) is 5.02 Å². The van der Waals surface area contributed by atoms with Gasteiger partial charge in [-0.25, -0.2) is 0 Å². The van der Waals surface area contributed by atoms with Gasteiger partial charge in [0.25, 0.3) is 5.91 Å². The van der Waals surface area contributed by atoms with Crippen LogP contribution in [-0.4, -0.2) is 19.6 Å². The Morgan fingerprint density at radius 2 is 1.96 bits per heavy atom. The van der Waals surface area contributed by atoms with Crippen LogP contribution in [0.4, 0.5) is 0 Å². The number of halogens is 1. The number of rotatable bonds is 6. The van der Waals surface area contributed by atoms with E-state index in [1.54, 1.807) is 7.11 Å². The standard InChI is InChI=1S/C20H20ClNO3S/c1-4-25-15-8-5-13(6-9-15)12(2)22-20(23)19-18(24-3)16-11-14(21)7-10-17(16)26-19/h5-12H,4H2,1-3H3,(H,22,23). The largest absolute Gasteiger partial charge is 0.494 e. The number of methoxy groups -OCH3 is 1. The summed E-state index contributed by atoms with van der Waals surface area (Å²) in [5, 5.41) is 4.50. The van der Waals surface area contributed by atoms with Crippen LogP contribution < -0.4 is 14.8 Å². The van der Waals surface area contributed by atoms with Crippen LogP contribution in [0.15, 0.2) is 42.5 Å². The zero-order valence-electron chi connectivity index (χ0n) is 14.8. The van der Waals surface area contributed by atoms with Gasteiger partial charge in [-0.05, 0) is 49.7 Å². The molecule has 0 fully saturated rings. The van der Waals surface area contributed by atoms with Crippen LogP contribution in [0.25, 0.3) is 10.1 Å². The van der Waals surface area contributed by atoms with E-state index < -0.39 is 0 Å². The molecule has 6 heteroatoms. The number of hydrogen-bond acceptors (Lipinski definition) is 4. The molecule has 0 aliphatic heterocycles. The molecule has 136 valence electrons. The third-order valence-corrected chi connectivity index (χ3v) is 5.44. The molecular formula is C20H20ClNO3S. The highest BCUT2D eigenvalue weighted by molar-refractivity contribution is 7.21. The molecule has 3 aromatic rings. The van der Waals surface area contributed by atoms with Crippen molar-refractivity contribution >= 4 is 38.9 Å². The first-order valence-corrected chi connectivity index (χ1v) is 9.52. The maximum absolute atomic E-state index is 12.8. The molecule has 3 rings (SSSR count). The van der Waals surface area contributed by atoms with Crippen LogP contribution in [0.5, 0.6) is 11.5 Å². The summed E-state index contributed by atoms with van der Waals surface area (Å²) in [5.74, 6) is 1.21. The zero-order valence-corrected chi connectivity index (χ0v) is 16.4. The van der Waals surface area contributed by atoms with Gasteiger partial charge < -0.3 is 14.8 Å². The lowest BCUT2D eigenvalue weighted by Crippen LogP contribution is -2.26. The van der Waals surface area contributed by atoms with E-state index >= 15 is 0 Å². The highest BCUT2D eigenvalue weighted by Crippen LogP contribution is 2.39. The molecule has 0 spiro atoms. The Morgan fingerprint density at radius 3 is 2.62 bits per heavy atom. The Kier molecular flexibility index (Phi) is 5.69. The molecule has 0 radical (unpaired) electrons. The van der Waals surface area contributed by atoms with E-state index in [0.717, 1.165) is 21.4 Å². The molecule has 0 saturated carbocycles. The average Bonchev–Trinajstić information content (AvgIpc) is 3.00. The lowest BCUT2D eigenvalue weighted by Gasteiger charge is -2.15. The van der Waals surface area contributed by atoms with E-state index in [4.69, 9.17) is 21.1 Å². The minimum absolute atomic E-state index is 0.142. The van der Waals surface area contributed by atoms with Crippen molar-refractivity contribution in [1.82, 2.24) is 5.32 Å². The molecule has 0 aliphatic carbocycles. The lowest BCUT2D eigenvalue weighted by atomic mass is 10.1. The van der Waals surface area contributed by atoms with Crippen molar-refractivity contribution in [3.05, 3.63) is 57.9 Å². The normalized spacial score (nSPS) is 12.0. The van der Waals surface area contributed by atoms with Crippen molar-refractivity contribution in [3.63, 3.8) is 0 Å². The maximum atomic E-state index is 12.8. The number of carbonyl (C=O) groups excluding carboxylic acids is 1. The molecule has 1 atom stereocenters. The van der Waals surface area contributed by atoms with Crippen molar-refractivity contribution in [3.8, 4) is 11.5 Å². The van der Waals surface area contributed by atoms with Gasteiger partial charge in [-0.3, -0.25) is 4.79 Å². The Bertz CT molecular complexity index is 921. The fraction of sp³-hybridized carbons (Fsp3) is 0.250. The summed E-state index contributed by atoms with van der Waals surface area (Å²) >= 11 is 7.47. The molecule has 1 aromatic heterocycles. The van der Waals surface area contributed by atoms with Crippen LogP contribution in [0.1, 0.15) is 35.1 Å². The highest BCUT2D eigenvalue weighted by Gasteiger charge is 2.21. The Balaban J connectivity index is 1.82. The van der Waals surface area contributed by atoms with Gasteiger partial charge in [0.1, 0.15) is 16.4 Å². The second-order valence-corrected chi connectivity index (χ2v) is 7.29. The summed E-state index contributed by atoms with van der Waals surface area (Å²) in [7, 11) is 1.56. The maximum Gasteiger partial charge on any atom is 0.265 e. The fourth-order valence-corrected chi connectivity index (χ4v) is 3.99. The summed E-state index contributed by atoms with van der Waals surface area (Å²) in [5.41, 5.74) is 1.00. The number of amides is 1. The average molecular weight is 390 g/mol. The van der Waals surface area contributed by atoms with Gasteiger partial charge >= 0.3 is 0 Å². The minimum Gasteiger partial charge on any atom is -0.494 e. The number of nitrogens with one attached hydrogen (secondary N) is 1. The van der Waals surface area contributed by atoms with Gasteiger partial charge in [-0.1, -0.05) is 23.7 Å². The van der Waals surface area contributed by atoms with E-state index in [1.807, 2.05) is 56.3 Å². The van der Waals surface area contributed by atoms with Crippen molar-refractivity contribution in [1.29, 1.82) is 0 Å². The minimum atomic E-state index is -0.166. The van der Waals surface area contributed by atoms with Crippen LogP contribution in [-0.2, 0) is 0 Å². The van der Waals surface area contributed by atoms with Gasteiger partial charge in [0.15, 0.2) is 0 Å². The van der Waals surface area contributed by atoms with Gasteiger partial charge in [0.05, 0.1) is 19.8 Å². The summed E-state index contributed by atoms with van der Waals surface area (Å²) < 4.78 is 11.9. The van der Waals surface area contributed by atoms with Gasteiger partial charge in [-0.2, -0.15) is 0 Å². The first-order chi connectivity index (χ1) is 12.5. The van der Waals surface area contributed by atoms with Gasteiger partial charge in [0, 0.05) is 15.1 Å². The Hall–Kier alpha value is -2.24. The smallest absolute Gasteiger partial charge is 0.265 e. The third-order valence-electron chi connectivity index (χ3n) is 4.05. The molecular weight excluding hydrogens is 370 g/mol. The summed E-state index contributed by atoms with van der Waals surface area (Å²) in [6.07, 6.45) is 0. The Morgan fingerprint density at radius 1 is 1.23 bits per heavy atom. The van der Waals surface area contributed by atoms with Crippen LogP contribution >= 0.6 is 22.9 Å². The Labute approximate surface area is 161 Å². The number of thiophene rings is 1. The molecule has 2 aromatic carbocycles. The highest BCUT2D eigenvalue weighted by atomic mass is 35.5. The van der Waals surface area contributed by atoms with Gasteiger partial charge in [-0.15, -0.1) is 11.3 Å². The second-order valence-electron chi connectivity index (χ2n) is 5.80. The van der Waals surface area contributed by atoms with Crippen molar-refractivity contribution < 1.29 is 14.3 Å². The predicted molar refractivity (Wildman–Crippen MR) is 107 cm³/mol. The van der Waals surface area contributed by atoms with Crippen molar-refractivity contribution in [2.45, 2.75) is 19.9 Å².